The molecule has 12 heteroatoms. The van der Waals surface area contributed by atoms with Crippen molar-refractivity contribution in [1.82, 2.24) is 24.2 Å². The maximum Gasteiger partial charge on any atom is 0.345 e. The van der Waals surface area contributed by atoms with Crippen molar-refractivity contribution in [2.24, 2.45) is 0 Å². The van der Waals surface area contributed by atoms with Gasteiger partial charge in [-0.3, -0.25) is 9.36 Å². The highest BCUT2D eigenvalue weighted by atomic mass is 31.2. The number of anilines is 1. The number of hydrogen-bond donors (Lipinski definition) is 2. The van der Waals surface area contributed by atoms with E-state index in [1.165, 1.54) is 17.9 Å². The van der Waals surface area contributed by atoms with E-state index in [1.54, 1.807) is 55.1 Å². The van der Waals surface area contributed by atoms with Crippen molar-refractivity contribution in [3.05, 3.63) is 43.0 Å². The van der Waals surface area contributed by atoms with E-state index in [2.05, 4.69) is 15.0 Å². The first-order valence-electron chi connectivity index (χ1n) is 10.1. The number of carbonyl (C=O) groups is 1. The molecule has 0 aliphatic carbocycles. The summed E-state index contributed by atoms with van der Waals surface area (Å²) >= 11 is 0. The highest BCUT2D eigenvalue weighted by Crippen LogP contribution is 2.52. The molecule has 0 saturated heterocycles. The lowest BCUT2D eigenvalue weighted by molar-refractivity contribution is -0.141. The van der Waals surface area contributed by atoms with Gasteiger partial charge in [0.2, 0.25) is 0 Å². The number of nitrogens with two attached hydrogens (primary N) is 1. The topological polar surface area (TPSA) is 146 Å². The number of rotatable bonds is 11. The third-order valence-corrected chi connectivity index (χ3v) is 7.30. The molecular formula is C20H27N6O5P. The second kappa shape index (κ2) is 10.1. The first-order chi connectivity index (χ1) is 15.2. The number of benzene rings is 1. The van der Waals surface area contributed by atoms with Crippen molar-refractivity contribution < 1.29 is 23.7 Å². The summed E-state index contributed by atoms with van der Waals surface area (Å²) in [4.78, 5) is 24.0. The number of carboxylic acids is 1. The standard InChI is InChI=1S/C20H27N6O5P/c1-4-26(15(3)20(27)28)32(29,31-16-8-6-5-7-9-16)13-30-14(2)10-25-12-24-17-18(21)22-11-23-19(17)25/h5-9,11-12,14-15H,4,10,13H2,1-3H3,(H,27,28)(H2,21,22,23)/t14-,15+,32?/m1/s1. The molecule has 0 aliphatic heterocycles. The largest absolute Gasteiger partial charge is 0.480 e. The Kier molecular flexibility index (Phi) is 7.44. The highest BCUT2D eigenvalue weighted by Gasteiger charge is 2.39. The molecule has 1 unspecified atom stereocenters. The molecule has 0 radical (unpaired) electrons. The first-order valence-corrected chi connectivity index (χ1v) is 11.9. The van der Waals surface area contributed by atoms with Crippen LogP contribution in [0.4, 0.5) is 5.82 Å². The Bertz CT molecular complexity index is 1110. The Morgan fingerprint density at radius 3 is 2.62 bits per heavy atom. The summed E-state index contributed by atoms with van der Waals surface area (Å²) in [5, 5.41) is 9.49. The van der Waals surface area contributed by atoms with Gasteiger partial charge in [-0.2, -0.15) is 0 Å². The van der Waals surface area contributed by atoms with Gasteiger partial charge in [-0.1, -0.05) is 25.1 Å². The molecule has 0 amide bonds. The Labute approximate surface area is 185 Å². The number of ether oxygens (including phenoxy) is 1. The number of hydrogen-bond acceptors (Lipinski definition) is 8. The third-order valence-electron chi connectivity index (χ3n) is 4.92. The molecule has 172 valence electrons. The van der Waals surface area contributed by atoms with Crippen LogP contribution >= 0.6 is 7.52 Å². The van der Waals surface area contributed by atoms with Crippen molar-refractivity contribution in [2.45, 2.75) is 39.5 Å². The molecule has 2 heterocycles. The summed E-state index contributed by atoms with van der Waals surface area (Å²) in [6.45, 7) is 5.57. The van der Waals surface area contributed by atoms with Crippen molar-refractivity contribution in [2.75, 3.05) is 18.6 Å². The van der Waals surface area contributed by atoms with Crippen LogP contribution in [0.1, 0.15) is 20.8 Å². The molecule has 0 bridgehead atoms. The van der Waals surface area contributed by atoms with Gasteiger partial charge in [0.25, 0.3) is 0 Å². The van der Waals surface area contributed by atoms with E-state index in [-0.39, 0.29) is 18.7 Å². The van der Waals surface area contributed by atoms with Crippen LogP contribution < -0.4 is 10.3 Å². The Balaban J connectivity index is 1.78. The molecule has 3 N–H and O–H groups in total. The number of aromatic nitrogens is 4. The maximum absolute atomic E-state index is 13.9. The Morgan fingerprint density at radius 1 is 1.25 bits per heavy atom. The van der Waals surface area contributed by atoms with E-state index < -0.39 is 25.6 Å². The SMILES string of the molecule is CCN([C@@H](C)C(=O)O)P(=O)(CO[C@H](C)Cn1cnc2c(N)ncnc21)Oc1ccccc1. The number of para-hydroxylation sites is 1. The quantitative estimate of drug-likeness (QED) is 0.408. The second-order valence-electron chi connectivity index (χ2n) is 7.25. The van der Waals surface area contributed by atoms with Gasteiger partial charge in [0.15, 0.2) is 11.5 Å². The molecule has 0 fully saturated rings. The van der Waals surface area contributed by atoms with E-state index in [0.717, 1.165) is 0 Å². The van der Waals surface area contributed by atoms with Gasteiger partial charge in [0, 0.05) is 6.54 Å². The predicted octanol–water partition coefficient (Wildman–Crippen LogP) is 2.84. The van der Waals surface area contributed by atoms with Crippen LogP contribution in [0.3, 0.4) is 0 Å². The van der Waals surface area contributed by atoms with Crippen LogP contribution in [0.5, 0.6) is 5.75 Å². The molecule has 1 aromatic carbocycles. The number of fused-ring (bicyclic) bond motifs is 1. The minimum atomic E-state index is -3.70. The van der Waals surface area contributed by atoms with E-state index in [1.807, 2.05) is 0 Å². The summed E-state index contributed by atoms with van der Waals surface area (Å²) in [7, 11) is -3.70. The van der Waals surface area contributed by atoms with Gasteiger partial charge in [-0.15, -0.1) is 0 Å². The predicted molar refractivity (Wildman–Crippen MR) is 119 cm³/mol. The van der Waals surface area contributed by atoms with E-state index in [0.29, 0.717) is 23.5 Å². The van der Waals surface area contributed by atoms with Crippen molar-refractivity contribution in [3.63, 3.8) is 0 Å². The van der Waals surface area contributed by atoms with Gasteiger partial charge in [0.05, 0.1) is 19.0 Å². The van der Waals surface area contributed by atoms with Crippen LogP contribution in [0.2, 0.25) is 0 Å². The van der Waals surface area contributed by atoms with Crippen LogP contribution in [-0.4, -0.2) is 60.3 Å². The normalized spacial score (nSPS) is 15.4. The van der Waals surface area contributed by atoms with E-state index >= 15 is 0 Å². The number of nitrogen functional groups attached to an aromatic ring is 1. The van der Waals surface area contributed by atoms with E-state index in [4.69, 9.17) is 15.0 Å². The molecule has 0 spiro atoms. The summed E-state index contributed by atoms with van der Waals surface area (Å²) in [6.07, 6.45) is 2.24. The van der Waals surface area contributed by atoms with Crippen LogP contribution in [0, 0.1) is 0 Å². The summed E-state index contributed by atoms with van der Waals surface area (Å²) in [6, 6.07) is 7.61. The van der Waals surface area contributed by atoms with Crippen molar-refractivity contribution >= 4 is 30.5 Å². The van der Waals surface area contributed by atoms with Gasteiger partial charge >= 0.3 is 13.5 Å². The highest BCUT2D eigenvalue weighted by molar-refractivity contribution is 7.56. The molecule has 32 heavy (non-hydrogen) atoms. The van der Waals surface area contributed by atoms with Gasteiger partial charge in [-0.05, 0) is 26.0 Å². The van der Waals surface area contributed by atoms with Crippen LogP contribution in [0.25, 0.3) is 11.2 Å². The number of carboxylic acid groups (broad SMARTS) is 1. The molecule has 11 nitrogen and oxygen atoms in total. The molecule has 3 rings (SSSR count). The van der Waals surface area contributed by atoms with Crippen LogP contribution in [0.15, 0.2) is 43.0 Å². The summed E-state index contributed by atoms with van der Waals surface area (Å²) in [5.74, 6) is -0.445. The number of imidazole rings is 1. The lowest BCUT2D eigenvalue weighted by Gasteiger charge is -2.33. The minimum absolute atomic E-state index is 0.206. The maximum atomic E-state index is 13.9. The average Bonchev–Trinajstić information content (AvgIpc) is 3.17. The Morgan fingerprint density at radius 2 is 1.97 bits per heavy atom. The molecule has 0 aliphatic rings. The fourth-order valence-electron chi connectivity index (χ4n) is 3.26. The zero-order valence-electron chi connectivity index (χ0n) is 18.2. The fourth-order valence-corrected chi connectivity index (χ4v) is 5.52. The molecular weight excluding hydrogens is 435 g/mol. The zero-order valence-corrected chi connectivity index (χ0v) is 19.1. The van der Waals surface area contributed by atoms with Gasteiger partial charge < -0.3 is 24.7 Å². The number of aliphatic carboxylic acids is 1. The molecule has 3 atom stereocenters. The second-order valence-corrected chi connectivity index (χ2v) is 9.48. The number of nitrogens with zero attached hydrogens (tertiary/aromatic N) is 5. The molecule has 2 aromatic heterocycles. The molecule has 0 saturated carbocycles. The van der Waals surface area contributed by atoms with Gasteiger partial charge in [0.1, 0.15) is 30.0 Å². The first kappa shape index (κ1) is 23.6. The average molecular weight is 462 g/mol. The fraction of sp³-hybridized carbons (Fsp3) is 0.400. The molecule has 3 aromatic rings. The summed E-state index contributed by atoms with van der Waals surface area (Å²) < 4.78 is 28.7. The zero-order chi connectivity index (χ0) is 23.3. The minimum Gasteiger partial charge on any atom is -0.480 e. The van der Waals surface area contributed by atoms with Gasteiger partial charge in [-0.25, -0.2) is 19.6 Å². The third kappa shape index (κ3) is 5.24. The lowest BCUT2D eigenvalue weighted by atomic mass is 10.3. The summed E-state index contributed by atoms with van der Waals surface area (Å²) in [5.41, 5.74) is 6.88. The van der Waals surface area contributed by atoms with E-state index in [9.17, 15) is 14.5 Å². The lowest BCUT2D eigenvalue weighted by Crippen LogP contribution is -2.39. The van der Waals surface area contributed by atoms with Crippen LogP contribution in [-0.2, 0) is 20.6 Å². The van der Waals surface area contributed by atoms with Crippen molar-refractivity contribution in [3.8, 4) is 5.75 Å². The monoisotopic (exact) mass is 462 g/mol. The Hall–Kier alpha value is -3.01. The smallest absolute Gasteiger partial charge is 0.345 e. The number of likely N-dealkylation sites (N-methyl/N-ethyl adjacent to an activating group) is 1. The van der Waals surface area contributed by atoms with Crippen molar-refractivity contribution in [1.29, 1.82) is 0 Å².